The van der Waals surface area contributed by atoms with Crippen LogP contribution in [-0.2, 0) is 6.54 Å². The average molecular weight is 499 g/mol. The molecule has 7 nitrogen and oxygen atoms in total. The molecule has 0 bridgehead atoms. The van der Waals surface area contributed by atoms with Crippen LogP contribution in [0.1, 0.15) is 37.1 Å². The first-order chi connectivity index (χ1) is 13.3. The van der Waals surface area contributed by atoms with Gasteiger partial charge in [-0.25, -0.2) is 4.99 Å². The number of nitrogens with zero attached hydrogens (tertiary/aromatic N) is 3. The minimum Gasteiger partial charge on any atom is -0.497 e. The summed E-state index contributed by atoms with van der Waals surface area (Å²) in [6.07, 6.45) is 4.08. The Labute approximate surface area is 183 Å². The van der Waals surface area contributed by atoms with Gasteiger partial charge in [-0.05, 0) is 50.6 Å². The molecule has 1 fully saturated rings. The van der Waals surface area contributed by atoms with Crippen molar-refractivity contribution in [3.05, 3.63) is 47.9 Å². The van der Waals surface area contributed by atoms with Crippen molar-refractivity contribution in [1.29, 1.82) is 0 Å². The lowest BCUT2D eigenvalue weighted by Gasteiger charge is -2.29. The van der Waals surface area contributed by atoms with Crippen LogP contribution in [0.3, 0.4) is 0 Å². The number of hydrogen-bond acceptors (Lipinski definition) is 5. The largest absolute Gasteiger partial charge is 0.497 e. The maximum atomic E-state index is 5.30. The minimum absolute atomic E-state index is 0. The maximum absolute atomic E-state index is 5.30. The van der Waals surface area contributed by atoms with Crippen LogP contribution in [0, 0.1) is 0 Å². The maximum Gasteiger partial charge on any atom is 0.191 e. The molecule has 1 aromatic heterocycles. The molecule has 0 radical (unpaired) electrons. The van der Waals surface area contributed by atoms with Gasteiger partial charge < -0.3 is 19.9 Å². The number of aromatic nitrogens is 1. The molecule has 2 heterocycles. The first kappa shape index (κ1) is 22.5. The molecule has 1 aliphatic rings. The first-order valence-electron chi connectivity index (χ1n) is 9.59. The lowest BCUT2D eigenvalue weighted by Crippen LogP contribution is -2.42. The second-order valence-electron chi connectivity index (χ2n) is 6.60. The van der Waals surface area contributed by atoms with Gasteiger partial charge in [0.05, 0.1) is 19.7 Å². The Morgan fingerprint density at radius 1 is 1.21 bits per heavy atom. The van der Waals surface area contributed by atoms with Crippen molar-refractivity contribution in [3.63, 3.8) is 0 Å². The van der Waals surface area contributed by atoms with Gasteiger partial charge in [-0.2, -0.15) is 0 Å². The minimum atomic E-state index is 0. The highest BCUT2D eigenvalue weighted by Gasteiger charge is 2.23. The molecule has 0 amide bonds. The van der Waals surface area contributed by atoms with Crippen LogP contribution in [0.25, 0.3) is 0 Å². The molecule has 1 unspecified atom stereocenters. The van der Waals surface area contributed by atoms with Gasteiger partial charge in [0.2, 0.25) is 0 Å². The summed E-state index contributed by atoms with van der Waals surface area (Å²) in [5, 5.41) is 10.7. The summed E-state index contributed by atoms with van der Waals surface area (Å²) in [4.78, 5) is 7.15. The molecular weight excluding hydrogens is 469 g/mol. The molecule has 2 N–H and O–H groups in total. The highest BCUT2D eigenvalue weighted by Crippen LogP contribution is 2.26. The van der Waals surface area contributed by atoms with E-state index in [9.17, 15) is 0 Å². The van der Waals surface area contributed by atoms with Gasteiger partial charge in [0.25, 0.3) is 0 Å². The smallest absolute Gasteiger partial charge is 0.191 e. The van der Waals surface area contributed by atoms with Crippen LogP contribution in [0.2, 0.25) is 0 Å². The van der Waals surface area contributed by atoms with Crippen LogP contribution in [0.5, 0.6) is 5.75 Å². The summed E-state index contributed by atoms with van der Waals surface area (Å²) in [5.74, 6) is 1.67. The Hall–Kier alpha value is -1.81. The molecule has 3 rings (SSSR count). The summed E-state index contributed by atoms with van der Waals surface area (Å²) >= 11 is 0. The van der Waals surface area contributed by atoms with E-state index in [1.807, 2.05) is 18.2 Å². The molecule has 1 atom stereocenters. The number of guanidine groups is 1. The number of methoxy groups -OCH3 is 1. The third-order valence-corrected chi connectivity index (χ3v) is 4.78. The van der Waals surface area contributed by atoms with E-state index in [1.165, 1.54) is 18.4 Å². The fourth-order valence-electron chi connectivity index (χ4n) is 3.35. The van der Waals surface area contributed by atoms with E-state index in [0.717, 1.165) is 43.6 Å². The van der Waals surface area contributed by atoms with Crippen molar-refractivity contribution in [3.8, 4) is 5.75 Å². The SMILES string of the molecule is CCNC(=NCc1ccon1)NCC(c1ccc(OC)cc1)N1CCCC1.I. The number of halogens is 1. The van der Waals surface area contributed by atoms with E-state index < -0.39 is 0 Å². The third-order valence-electron chi connectivity index (χ3n) is 4.78. The molecule has 8 heteroatoms. The molecule has 28 heavy (non-hydrogen) atoms. The standard InChI is InChI=1S/C20H29N5O2.HI/c1-3-21-20(22-14-17-10-13-27-24-17)23-15-19(25-11-4-5-12-25)16-6-8-18(26-2)9-7-16;/h6-10,13,19H,3-5,11-12,14-15H2,1-2H3,(H2,21,22,23);1H. The van der Waals surface area contributed by atoms with Crippen molar-refractivity contribution < 1.29 is 9.26 Å². The van der Waals surface area contributed by atoms with E-state index in [2.05, 4.69) is 44.7 Å². The van der Waals surface area contributed by atoms with Crippen molar-refractivity contribution >= 4 is 29.9 Å². The van der Waals surface area contributed by atoms with E-state index in [0.29, 0.717) is 12.6 Å². The zero-order valence-corrected chi connectivity index (χ0v) is 18.9. The Balaban J connectivity index is 0.00000280. The molecule has 1 saturated heterocycles. The molecule has 0 spiro atoms. The first-order valence-corrected chi connectivity index (χ1v) is 9.59. The summed E-state index contributed by atoms with van der Waals surface area (Å²) in [6.45, 7) is 6.41. The molecule has 1 aromatic carbocycles. The monoisotopic (exact) mass is 499 g/mol. The van der Waals surface area contributed by atoms with E-state index in [1.54, 1.807) is 13.4 Å². The Morgan fingerprint density at radius 2 is 1.96 bits per heavy atom. The molecular formula is C20H30IN5O2. The van der Waals surface area contributed by atoms with E-state index >= 15 is 0 Å². The number of benzene rings is 1. The number of aliphatic imine (C=N–C) groups is 1. The summed E-state index contributed by atoms with van der Waals surface area (Å²) < 4.78 is 10.2. The van der Waals surface area contributed by atoms with E-state index in [-0.39, 0.29) is 24.0 Å². The average Bonchev–Trinajstić information content (AvgIpc) is 3.41. The molecule has 154 valence electrons. The molecule has 1 aliphatic heterocycles. The number of ether oxygens (including phenoxy) is 1. The number of rotatable bonds is 8. The Kier molecular flexibility index (Phi) is 9.56. The molecule has 2 aromatic rings. The Bertz CT molecular complexity index is 700. The van der Waals surface area contributed by atoms with Crippen molar-refractivity contribution in [1.82, 2.24) is 20.7 Å². The fourth-order valence-corrected chi connectivity index (χ4v) is 3.35. The second-order valence-corrected chi connectivity index (χ2v) is 6.60. The van der Waals surface area contributed by atoms with Gasteiger partial charge in [-0.1, -0.05) is 17.3 Å². The third kappa shape index (κ3) is 6.37. The van der Waals surface area contributed by atoms with Gasteiger partial charge in [-0.3, -0.25) is 4.90 Å². The number of hydrogen-bond donors (Lipinski definition) is 2. The molecule has 0 aliphatic carbocycles. The summed E-state index contributed by atoms with van der Waals surface area (Å²) in [7, 11) is 1.70. The highest BCUT2D eigenvalue weighted by molar-refractivity contribution is 14.0. The topological polar surface area (TPSA) is 74.9 Å². The quantitative estimate of drug-likeness (QED) is 0.330. The second kappa shape index (κ2) is 11.9. The van der Waals surface area contributed by atoms with Gasteiger partial charge in [0, 0.05) is 19.2 Å². The van der Waals surface area contributed by atoms with Crippen LogP contribution in [0.15, 0.2) is 46.1 Å². The zero-order chi connectivity index (χ0) is 18.9. The van der Waals surface area contributed by atoms with Crippen LogP contribution >= 0.6 is 24.0 Å². The van der Waals surface area contributed by atoms with E-state index in [4.69, 9.17) is 9.26 Å². The van der Waals surface area contributed by atoms with Gasteiger partial charge in [-0.15, -0.1) is 24.0 Å². The van der Waals surface area contributed by atoms with Crippen LogP contribution in [-0.4, -0.2) is 49.3 Å². The van der Waals surface area contributed by atoms with Crippen molar-refractivity contribution in [2.75, 3.05) is 33.3 Å². The normalized spacial score (nSPS) is 15.7. The van der Waals surface area contributed by atoms with Crippen molar-refractivity contribution in [2.45, 2.75) is 32.4 Å². The summed E-state index contributed by atoms with van der Waals surface area (Å²) in [6, 6.07) is 10.5. The zero-order valence-electron chi connectivity index (χ0n) is 16.6. The number of nitrogens with one attached hydrogen (secondary N) is 2. The van der Waals surface area contributed by atoms with Crippen LogP contribution < -0.4 is 15.4 Å². The predicted molar refractivity (Wildman–Crippen MR) is 121 cm³/mol. The molecule has 0 saturated carbocycles. The van der Waals surface area contributed by atoms with Crippen molar-refractivity contribution in [2.24, 2.45) is 4.99 Å². The number of likely N-dealkylation sites (tertiary alicyclic amines) is 1. The Morgan fingerprint density at radius 3 is 2.57 bits per heavy atom. The lowest BCUT2D eigenvalue weighted by molar-refractivity contribution is 0.245. The van der Waals surface area contributed by atoms with Gasteiger partial charge in [0.15, 0.2) is 5.96 Å². The predicted octanol–water partition coefficient (Wildman–Crippen LogP) is 3.19. The fraction of sp³-hybridized carbons (Fsp3) is 0.500. The lowest BCUT2D eigenvalue weighted by atomic mass is 10.1. The van der Waals surface area contributed by atoms with Gasteiger partial charge >= 0.3 is 0 Å². The summed E-state index contributed by atoms with van der Waals surface area (Å²) in [5.41, 5.74) is 2.11. The van der Waals surface area contributed by atoms with Crippen LogP contribution in [0.4, 0.5) is 0 Å². The highest BCUT2D eigenvalue weighted by atomic mass is 127. The van der Waals surface area contributed by atoms with Gasteiger partial charge in [0.1, 0.15) is 17.7 Å².